The number of methoxy groups -OCH3 is 1. The summed E-state index contributed by atoms with van der Waals surface area (Å²) in [5.41, 5.74) is 1.59. The van der Waals surface area contributed by atoms with E-state index in [9.17, 15) is 14.4 Å². The van der Waals surface area contributed by atoms with Crippen LogP contribution < -0.4 is 0 Å². The van der Waals surface area contributed by atoms with Gasteiger partial charge in [-0.1, -0.05) is 0 Å². The molecule has 8 nitrogen and oxygen atoms in total. The molecule has 8 heteroatoms. The van der Waals surface area contributed by atoms with Crippen molar-refractivity contribution < 1.29 is 28.0 Å². The van der Waals surface area contributed by atoms with Crippen LogP contribution in [-0.4, -0.2) is 40.7 Å². The van der Waals surface area contributed by atoms with E-state index in [-0.39, 0.29) is 23.8 Å². The van der Waals surface area contributed by atoms with Crippen LogP contribution in [0, 0.1) is 13.8 Å². The zero-order valence-corrected chi connectivity index (χ0v) is 16.6. The zero-order valence-electron chi connectivity index (χ0n) is 16.6. The van der Waals surface area contributed by atoms with Gasteiger partial charge in [-0.2, -0.15) is 0 Å². The molecule has 1 amide bonds. The van der Waals surface area contributed by atoms with E-state index in [1.807, 2.05) is 0 Å². The number of furan rings is 2. The number of aromatic amines is 1. The minimum absolute atomic E-state index is 0.0891. The van der Waals surface area contributed by atoms with Crippen molar-refractivity contribution in [2.24, 2.45) is 0 Å². The van der Waals surface area contributed by atoms with Gasteiger partial charge in [-0.25, -0.2) is 4.79 Å². The van der Waals surface area contributed by atoms with Crippen LogP contribution in [-0.2, 0) is 11.3 Å². The Morgan fingerprint density at radius 1 is 1.14 bits per heavy atom. The van der Waals surface area contributed by atoms with Gasteiger partial charge in [0.2, 0.25) is 0 Å². The van der Waals surface area contributed by atoms with Crippen molar-refractivity contribution in [1.82, 2.24) is 9.88 Å². The zero-order chi connectivity index (χ0) is 21.1. The summed E-state index contributed by atoms with van der Waals surface area (Å²) < 4.78 is 15.3. The Morgan fingerprint density at radius 2 is 1.83 bits per heavy atom. The van der Waals surface area contributed by atoms with Crippen LogP contribution in [0.1, 0.15) is 55.3 Å². The highest BCUT2D eigenvalue weighted by atomic mass is 16.5. The molecule has 29 heavy (non-hydrogen) atoms. The number of nitrogens with zero attached hydrogens (tertiary/aromatic N) is 1. The number of aromatic nitrogens is 1. The lowest BCUT2D eigenvalue weighted by atomic mass is 9.99. The third-order valence-corrected chi connectivity index (χ3v) is 4.82. The molecule has 152 valence electrons. The number of hydrogen-bond acceptors (Lipinski definition) is 6. The Morgan fingerprint density at radius 3 is 2.41 bits per heavy atom. The summed E-state index contributed by atoms with van der Waals surface area (Å²) in [5, 5.41) is 0. The van der Waals surface area contributed by atoms with Gasteiger partial charge in [0.15, 0.2) is 11.5 Å². The fourth-order valence-electron chi connectivity index (χ4n) is 3.27. The quantitative estimate of drug-likeness (QED) is 0.482. The molecule has 0 saturated carbocycles. The molecular formula is C21H22N2O6. The third kappa shape index (κ3) is 3.87. The largest absolute Gasteiger partial charge is 0.467 e. The normalized spacial score (nSPS) is 11.9. The second-order valence-corrected chi connectivity index (χ2v) is 6.65. The number of carbonyl (C=O) groups is 3. The van der Waals surface area contributed by atoms with Gasteiger partial charge >= 0.3 is 5.97 Å². The highest BCUT2D eigenvalue weighted by Crippen LogP contribution is 2.24. The average Bonchev–Trinajstić information content (AvgIpc) is 3.46. The molecule has 3 aromatic heterocycles. The average molecular weight is 398 g/mol. The summed E-state index contributed by atoms with van der Waals surface area (Å²) in [7, 11) is 1.27. The van der Waals surface area contributed by atoms with Crippen LogP contribution in [0.25, 0.3) is 0 Å². The number of aryl methyl sites for hydroxylation is 1. The minimum Gasteiger partial charge on any atom is -0.467 e. The lowest BCUT2D eigenvalue weighted by molar-refractivity contribution is 0.0572. The number of carbonyl (C=O) groups excluding carboxylic acids is 3. The molecule has 0 fully saturated rings. The summed E-state index contributed by atoms with van der Waals surface area (Å²) >= 11 is 0. The van der Waals surface area contributed by atoms with Gasteiger partial charge in [0.1, 0.15) is 11.5 Å². The summed E-state index contributed by atoms with van der Waals surface area (Å²) in [5.74, 6) is -0.656. The maximum atomic E-state index is 13.3. The van der Waals surface area contributed by atoms with E-state index in [1.165, 1.54) is 30.6 Å². The third-order valence-electron chi connectivity index (χ3n) is 4.82. The Hall–Kier alpha value is -3.55. The maximum Gasteiger partial charge on any atom is 0.354 e. The standard InChI is InChI=1S/C21H22N2O6/c1-12-17(13(2)22-18(12)21(26)27-4)19(24)14(3)23(11-15-7-5-9-28-15)20(25)16-8-6-10-29-16/h5-10,14,22H,11H2,1-4H3. The number of ketones is 1. The summed E-state index contributed by atoms with van der Waals surface area (Å²) in [6.07, 6.45) is 2.90. The van der Waals surface area contributed by atoms with E-state index >= 15 is 0 Å². The Bertz CT molecular complexity index is 1010. The van der Waals surface area contributed by atoms with Gasteiger partial charge in [0.05, 0.1) is 32.2 Å². The SMILES string of the molecule is COC(=O)c1[nH]c(C)c(C(=O)C(C)N(Cc2ccco2)C(=O)c2ccco2)c1C. The van der Waals surface area contributed by atoms with Crippen LogP contribution in [0.15, 0.2) is 45.6 Å². The van der Waals surface area contributed by atoms with Crippen molar-refractivity contribution in [3.05, 3.63) is 70.8 Å². The van der Waals surface area contributed by atoms with E-state index < -0.39 is 17.9 Å². The first-order valence-electron chi connectivity index (χ1n) is 9.03. The minimum atomic E-state index is -0.837. The molecule has 0 aliphatic carbocycles. The predicted octanol–water partition coefficient (Wildman–Crippen LogP) is 3.52. The predicted molar refractivity (Wildman–Crippen MR) is 103 cm³/mol. The van der Waals surface area contributed by atoms with Gasteiger partial charge in [-0.05, 0) is 50.6 Å². The van der Waals surface area contributed by atoms with Gasteiger partial charge in [0, 0.05) is 11.3 Å². The first-order chi connectivity index (χ1) is 13.8. The molecule has 3 heterocycles. The lowest BCUT2D eigenvalue weighted by Gasteiger charge is -2.27. The molecule has 0 aliphatic rings. The summed E-state index contributed by atoms with van der Waals surface area (Å²) in [4.78, 5) is 42.6. The van der Waals surface area contributed by atoms with E-state index in [0.29, 0.717) is 22.6 Å². The summed E-state index contributed by atoms with van der Waals surface area (Å²) in [6.45, 7) is 5.09. The van der Waals surface area contributed by atoms with Crippen molar-refractivity contribution in [1.29, 1.82) is 0 Å². The second-order valence-electron chi connectivity index (χ2n) is 6.65. The number of hydrogen-bond donors (Lipinski definition) is 1. The molecule has 1 atom stereocenters. The first-order valence-corrected chi connectivity index (χ1v) is 9.03. The molecular weight excluding hydrogens is 376 g/mol. The van der Waals surface area contributed by atoms with Crippen molar-refractivity contribution in [3.8, 4) is 0 Å². The molecule has 0 aliphatic heterocycles. The van der Waals surface area contributed by atoms with Crippen molar-refractivity contribution in [3.63, 3.8) is 0 Å². The van der Waals surface area contributed by atoms with Crippen LogP contribution in [0.4, 0.5) is 0 Å². The van der Waals surface area contributed by atoms with Crippen molar-refractivity contribution in [2.75, 3.05) is 7.11 Å². The topological polar surface area (TPSA) is 106 Å². The number of ether oxygens (including phenoxy) is 1. The van der Waals surface area contributed by atoms with Gasteiger partial charge in [0.25, 0.3) is 5.91 Å². The molecule has 3 aromatic rings. The van der Waals surface area contributed by atoms with Gasteiger partial charge in [-0.15, -0.1) is 0 Å². The van der Waals surface area contributed by atoms with E-state index in [4.69, 9.17) is 13.6 Å². The molecule has 0 aromatic carbocycles. The van der Waals surface area contributed by atoms with Crippen LogP contribution in [0.3, 0.4) is 0 Å². The van der Waals surface area contributed by atoms with Gasteiger partial charge in [-0.3, -0.25) is 9.59 Å². The Kier molecular flexibility index (Phi) is 5.72. The van der Waals surface area contributed by atoms with Crippen molar-refractivity contribution in [2.45, 2.75) is 33.4 Å². The van der Waals surface area contributed by atoms with E-state index in [2.05, 4.69) is 4.98 Å². The molecule has 0 bridgehead atoms. The van der Waals surface area contributed by atoms with Crippen LogP contribution >= 0.6 is 0 Å². The number of rotatable bonds is 7. The van der Waals surface area contributed by atoms with E-state index in [0.717, 1.165) is 0 Å². The highest BCUT2D eigenvalue weighted by Gasteiger charge is 2.33. The van der Waals surface area contributed by atoms with Gasteiger partial charge < -0.3 is 23.5 Å². The fourth-order valence-corrected chi connectivity index (χ4v) is 3.27. The molecule has 3 rings (SSSR count). The Balaban J connectivity index is 1.96. The number of H-pyrrole nitrogens is 1. The lowest BCUT2D eigenvalue weighted by Crippen LogP contribution is -2.43. The summed E-state index contributed by atoms with van der Waals surface area (Å²) in [6, 6.07) is 5.74. The van der Waals surface area contributed by atoms with E-state index in [1.54, 1.807) is 39.0 Å². The number of amides is 1. The number of Topliss-reactive ketones (excluding diaryl/α,β-unsaturated/α-hetero) is 1. The molecule has 1 unspecified atom stereocenters. The maximum absolute atomic E-state index is 13.3. The first kappa shape index (κ1) is 20.2. The number of esters is 1. The van der Waals surface area contributed by atoms with Crippen LogP contribution in [0.2, 0.25) is 0 Å². The Labute approximate surface area is 167 Å². The second kappa shape index (κ2) is 8.22. The van der Waals surface area contributed by atoms with Crippen molar-refractivity contribution >= 4 is 17.7 Å². The highest BCUT2D eigenvalue weighted by molar-refractivity contribution is 6.07. The molecule has 1 N–H and O–H groups in total. The fraction of sp³-hybridized carbons (Fsp3) is 0.286. The molecule has 0 saturated heterocycles. The molecule has 0 spiro atoms. The monoisotopic (exact) mass is 398 g/mol. The molecule has 0 radical (unpaired) electrons. The van der Waals surface area contributed by atoms with Crippen LogP contribution in [0.5, 0.6) is 0 Å². The number of nitrogens with one attached hydrogen (secondary N) is 1. The smallest absolute Gasteiger partial charge is 0.354 e.